The van der Waals surface area contributed by atoms with Gasteiger partial charge in [-0.2, -0.15) is 0 Å². The Hall–Kier alpha value is -3.19. The minimum atomic E-state index is -0.180. The second-order valence-corrected chi connectivity index (χ2v) is 8.76. The summed E-state index contributed by atoms with van der Waals surface area (Å²) in [4.78, 5) is 43.8. The molecule has 7 nitrogen and oxygen atoms in total. The fourth-order valence-electron chi connectivity index (χ4n) is 4.39. The lowest BCUT2D eigenvalue weighted by atomic mass is 10.1. The zero-order valence-electron chi connectivity index (χ0n) is 19.0. The van der Waals surface area contributed by atoms with Crippen molar-refractivity contribution in [2.45, 2.75) is 25.7 Å². The van der Waals surface area contributed by atoms with Gasteiger partial charge >= 0.3 is 0 Å². The van der Waals surface area contributed by atoms with E-state index in [4.69, 9.17) is 0 Å². The second-order valence-electron chi connectivity index (χ2n) is 8.76. The Bertz CT molecular complexity index is 945. The van der Waals surface area contributed by atoms with Crippen molar-refractivity contribution in [2.24, 2.45) is 0 Å². The standard InChI is InChI=1S/C26H32N4O3/c31-24(29-14-6-1-2-7-15-29)20-28-16-18-30(19-17-28)26(33)22-10-12-23(13-11-22)27-25(32)21-8-4-3-5-9-21/h3-5,8-13H,1-2,6-7,14-20H2,(H,27,32). The largest absolute Gasteiger partial charge is 0.342 e. The number of hydrogen-bond donors (Lipinski definition) is 1. The molecule has 7 heteroatoms. The van der Waals surface area contributed by atoms with Crippen molar-refractivity contribution < 1.29 is 14.4 Å². The maximum Gasteiger partial charge on any atom is 0.255 e. The predicted molar refractivity (Wildman–Crippen MR) is 128 cm³/mol. The molecule has 2 aliphatic rings. The first-order chi connectivity index (χ1) is 16.1. The normalized spacial score (nSPS) is 17.3. The summed E-state index contributed by atoms with van der Waals surface area (Å²) in [6.07, 6.45) is 4.63. The average Bonchev–Trinajstić information content (AvgIpc) is 3.15. The predicted octanol–water partition coefficient (Wildman–Crippen LogP) is 3.10. The quantitative estimate of drug-likeness (QED) is 0.763. The maximum absolute atomic E-state index is 12.9. The summed E-state index contributed by atoms with van der Waals surface area (Å²) in [5.74, 6) is 0.0137. The molecule has 0 spiro atoms. The number of nitrogens with zero attached hydrogens (tertiary/aromatic N) is 3. The number of anilines is 1. The van der Waals surface area contributed by atoms with Crippen LogP contribution in [0.1, 0.15) is 46.4 Å². The number of nitrogens with one attached hydrogen (secondary N) is 1. The molecule has 0 saturated carbocycles. The molecule has 2 aromatic rings. The minimum Gasteiger partial charge on any atom is -0.342 e. The number of likely N-dealkylation sites (tertiary alicyclic amines) is 1. The number of carbonyl (C=O) groups is 3. The van der Waals surface area contributed by atoms with Crippen molar-refractivity contribution in [3.05, 3.63) is 65.7 Å². The molecule has 3 amide bonds. The topological polar surface area (TPSA) is 73.0 Å². The summed E-state index contributed by atoms with van der Waals surface area (Å²) in [7, 11) is 0. The van der Waals surface area contributed by atoms with Crippen molar-refractivity contribution >= 4 is 23.4 Å². The third kappa shape index (κ3) is 6.20. The number of benzene rings is 2. The van der Waals surface area contributed by atoms with Gasteiger partial charge in [0.15, 0.2) is 0 Å². The van der Waals surface area contributed by atoms with Crippen LogP contribution < -0.4 is 5.32 Å². The Morgan fingerprint density at radius 3 is 1.94 bits per heavy atom. The van der Waals surface area contributed by atoms with Gasteiger partial charge in [-0.1, -0.05) is 31.0 Å². The zero-order valence-corrected chi connectivity index (χ0v) is 19.0. The monoisotopic (exact) mass is 448 g/mol. The Kier molecular flexibility index (Phi) is 7.73. The smallest absolute Gasteiger partial charge is 0.255 e. The number of carbonyl (C=O) groups excluding carboxylic acids is 3. The van der Waals surface area contributed by atoms with Crippen LogP contribution >= 0.6 is 0 Å². The van der Waals surface area contributed by atoms with E-state index >= 15 is 0 Å². The van der Waals surface area contributed by atoms with Crippen LogP contribution in [0.4, 0.5) is 5.69 Å². The van der Waals surface area contributed by atoms with E-state index in [2.05, 4.69) is 10.2 Å². The molecular weight excluding hydrogens is 416 g/mol. The third-order valence-electron chi connectivity index (χ3n) is 6.40. The molecule has 1 N–H and O–H groups in total. The summed E-state index contributed by atoms with van der Waals surface area (Å²) >= 11 is 0. The minimum absolute atomic E-state index is 0.0190. The van der Waals surface area contributed by atoms with Crippen LogP contribution in [0, 0.1) is 0 Å². The van der Waals surface area contributed by atoms with Crippen molar-refractivity contribution in [1.82, 2.24) is 14.7 Å². The van der Waals surface area contributed by atoms with Gasteiger partial charge < -0.3 is 15.1 Å². The number of rotatable bonds is 5. The van der Waals surface area contributed by atoms with Crippen molar-refractivity contribution in [2.75, 3.05) is 51.1 Å². The Morgan fingerprint density at radius 1 is 0.667 bits per heavy atom. The van der Waals surface area contributed by atoms with Gasteiger partial charge in [-0.25, -0.2) is 0 Å². The highest BCUT2D eigenvalue weighted by atomic mass is 16.2. The molecule has 0 aromatic heterocycles. The Balaban J connectivity index is 1.25. The highest BCUT2D eigenvalue weighted by Crippen LogP contribution is 2.15. The first-order valence-electron chi connectivity index (χ1n) is 11.9. The number of amides is 3. The molecule has 2 aromatic carbocycles. The molecule has 2 heterocycles. The first-order valence-corrected chi connectivity index (χ1v) is 11.9. The molecule has 0 atom stereocenters. The van der Waals surface area contributed by atoms with Crippen LogP contribution in [0.5, 0.6) is 0 Å². The molecule has 2 fully saturated rings. The Morgan fingerprint density at radius 2 is 1.30 bits per heavy atom. The van der Waals surface area contributed by atoms with E-state index < -0.39 is 0 Å². The molecule has 4 rings (SSSR count). The van der Waals surface area contributed by atoms with E-state index in [9.17, 15) is 14.4 Å². The van der Waals surface area contributed by atoms with E-state index in [-0.39, 0.29) is 17.7 Å². The van der Waals surface area contributed by atoms with Crippen LogP contribution in [-0.2, 0) is 4.79 Å². The first kappa shape index (κ1) is 23.0. The highest BCUT2D eigenvalue weighted by molar-refractivity contribution is 6.04. The Labute approximate surface area is 195 Å². The van der Waals surface area contributed by atoms with Gasteiger partial charge in [-0.15, -0.1) is 0 Å². The SMILES string of the molecule is O=C(Nc1ccc(C(=O)N2CCN(CC(=O)N3CCCCCC3)CC2)cc1)c1ccccc1. The van der Waals surface area contributed by atoms with Crippen LogP contribution in [-0.4, -0.2) is 78.2 Å². The maximum atomic E-state index is 12.9. The summed E-state index contributed by atoms with van der Waals surface area (Å²) in [5, 5.41) is 2.85. The lowest BCUT2D eigenvalue weighted by molar-refractivity contribution is -0.132. The van der Waals surface area contributed by atoms with Crippen molar-refractivity contribution in [1.29, 1.82) is 0 Å². The van der Waals surface area contributed by atoms with E-state index in [0.29, 0.717) is 49.5 Å². The lowest BCUT2D eigenvalue weighted by Gasteiger charge is -2.35. The molecule has 0 unspecified atom stereocenters. The molecule has 174 valence electrons. The summed E-state index contributed by atoms with van der Waals surface area (Å²) in [6.45, 7) is 4.82. The summed E-state index contributed by atoms with van der Waals surface area (Å²) in [5.41, 5.74) is 1.84. The second kappa shape index (κ2) is 11.1. The van der Waals surface area contributed by atoms with E-state index in [0.717, 1.165) is 25.9 Å². The molecule has 0 aliphatic carbocycles. The zero-order chi connectivity index (χ0) is 23.0. The lowest BCUT2D eigenvalue weighted by Crippen LogP contribution is -2.51. The van der Waals surface area contributed by atoms with E-state index in [1.807, 2.05) is 28.0 Å². The fourth-order valence-corrected chi connectivity index (χ4v) is 4.39. The number of piperazine rings is 1. The van der Waals surface area contributed by atoms with Crippen molar-refractivity contribution in [3.8, 4) is 0 Å². The van der Waals surface area contributed by atoms with Gasteiger partial charge in [0.25, 0.3) is 11.8 Å². The molecule has 33 heavy (non-hydrogen) atoms. The molecule has 0 bridgehead atoms. The van der Waals surface area contributed by atoms with Crippen molar-refractivity contribution in [3.63, 3.8) is 0 Å². The van der Waals surface area contributed by atoms with Crippen LogP contribution in [0.2, 0.25) is 0 Å². The fraction of sp³-hybridized carbons (Fsp3) is 0.423. The average molecular weight is 449 g/mol. The molecule has 2 saturated heterocycles. The van der Waals surface area contributed by atoms with Gasteiger partial charge in [0, 0.05) is 56.1 Å². The van der Waals surface area contributed by atoms with Gasteiger partial charge in [0.05, 0.1) is 6.54 Å². The van der Waals surface area contributed by atoms with Gasteiger partial charge in [-0.05, 0) is 49.2 Å². The van der Waals surface area contributed by atoms with Crippen LogP contribution in [0.15, 0.2) is 54.6 Å². The van der Waals surface area contributed by atoms with Gasteiger partial charge in [0.2, 0.25) is 5.91 Å². The number of hydrogen-bond acceptors (Lipinski definition) is 4. The van der Waals surface area contributed by atoms with Crippen LogP contribution in [0.25, 0.3) is 0 Å². The van der Waals surface area contributed by atoms with E-state index in [1.165, 1.54) is 12.8 Å². The summed E-state index contributed by atoms with van der Waals surface area (Å²) in [6, 6.07) is 16.0. The highest BCUT2D eigenvalue weighted by Gasteiger charge is 2.25. The molecule has 2 aliphatic heterocycles. The van der Waals surface area contributed by atoms with Gasteiger partial charge in [0.1, 0.15) is 0 Å². The van der Waals surface area contributed by atoms with E-state index in [1.54, 1.807) is 36.4 Å². The van der Waals surface area contributed by atoms with Gasteiger partial charge in [-0.3, -0.25) is 19.3 Å². The molecular formula is C26H32N4O3. The summed E-state index contributed by atoms with van der Waals surface area (Å²) < 4.78 is 0. The third-order valence-corrected chi connectivity index (χ3v) is 6.40. The molecule has 0 radical (unpaired) electrons. The van der Waals surface area contributed by atoms with Crippen LogP contribution in [0.3, 0.4) is 0 Å².